The Hall–Kier alpha value is -4.76. The molecule has 1 unspecified atom stereocenters. The van der Waals surface area contributed by atoms with Crippen molar-refractivity contribution < 1.29 is 37.1 Å². The molecule has 2 N–H and O–H groups in total. The van der Waals surface area contributed by atoms with Gasteiger partial charge in [-0.1, -0.05) is 42.7 Å². The predicted molar refractivity (Wildman–Crippen MR) is 221 cm³/mol. The molecular weight excluding hydrogens is 796 g/mol. The highest BCUT2D eigenvalue weighted by molar-refractivity contribution is 7.91. The molecule has 1 aromatic carbocycles. The maximum atomic E-state index is 14.9. The molecule has 2 saturated heterocycles. The van der Waals surface area contributed by atoms with Crippen molar-refractivity contribution in [3.05, 3.63) is 59.8 Å². The minimum atomic E-state index is -3.90. The molecule has 314 valence electrons. The number of piperidine rings is 1. The highest BCUT2D eigenvalue weighted by Crippen LogP contribution is 2.46. The van der Waals surface area contributed by atoms with Crippen LogP contribution in [0.25, 0.3) is 22.3 Å². The lowest BCUT2D eigenvalue weighted by atomic mass is 9.94. The van der Waals surface area contributed by atoms with E-state index in [9.17, 15) is 27.6 Å². The molecule has 0 bridgehead atoms. The first-order chi connectivity index (χ1) is 28.5. The molecule has 5 atom stereocenters. The molecule has 3 aromatic rings. The van der Waals surface area contributed by atoms with Gasteiger partial charge in [0.25, 0.3) is 5.91 Å². The van der Waals surface area contributed by atoms with Crippen molar-refractivity contribution in [2.24, 2.45) is 11.8 Å². The Balaban J connectivity index is 1.13. The van der Waals surface area contributed by atoms with Gasteiger partial charge < -0.3 is 24.6 Å². The number of pyridine rings is 2. The van der Waals surface area contributed by atoms with Crippen molar-refractivity contribution in [1.29, 1.82) is 0 Å². The monoisotopic (exact) mass is 846 g/mol. The van der Waals surface area contributed by atoms with Gasteiger partial charge in [-0.25, -0.2) is 13.4 Å². The normalized spacial score (nSPS) is 27.1. The highest BCUT2D eigenvalue weighted by Gasteiger charge is 2.62. The second-order valence-electron chi connectivity index (χ2n) is 16.5. The quantitative estimate of drug-likeness (QED) is 0.268. The van der Waals surface area contributed by atoms with Crippen LogP contribution in [0.2, 0.25) is 5.02 Å². The van der Waals surface area contributed by atoms with Gasteiger partial charge in [-0.2, -0.15) is 0 Å². The first-order valence-electron chi connectivity index (χ1n) is 20.9. The Bertz CT molecular complexity index is 2250. The van der Waals surface area contributed by atoms with Crippen molar-refractivity contribution in [2.45, 2.75) is 106 Å². The molecule has 4 amide bonds. The summed E-state index contributed by atoms with van der Waals surface area (Å²) in [5.74, 6) is -2.01. The number of halogens is 1. The van der Waals surface area contributed by atoms with Crippen molar-refractivity contribution in [1.82, 2.24) is 29.8 Å². The summed E-state index contributed by atoms with van der Waals surface area (Å²) in [5.41, 5.74) is -0.0117. The number of fused-ring (bicyclic) bond motifs is 3. The maximum absolute atomic E-state index is 14.9. The molecule has 8 rings (SSSR count). The fourth-order valence-electron chi connectivity index (χ4n) is 8.75. The zero-order valence-electron chi connectivity index (χ0n) is 33.2. The summed E-state index contributed by atoms with van der Waals surface area (Å²) < 4.78 is 40.4. The third kappa shape index (κ3) is 8.77. The second kappa shape index (κ2) is 17.1. The van der Waals surface area contributed by atoms with E-state index in [0.29, 0.717) is 66.1 Å². The van der Waals surface area contributed by atoms with Gasteiger partial charge >= 0.3 is 0 Å². The van der Waals surface area contributed by atoms with Crippen LogP contribution in [-0.2, 0) is 29.2 Å². The second-order valence-corrected chi connectivity index (χ2v) is 18.9. The number of hydrogen-bond donors (Lipinski definition) is 2. The van der Waals surface area contributed by atoms with Gasteiger partial charge in [-0.3, -0.25) is 28.9 Å². The number of carbonyl (C=O) groups excluding carboxylic acids is 4. The Morgan fingerprint density at radius 3 is 2.54 bits per heavy atom. The van der Waals surface area contributed by atoms with Crippen LogP contribution in [0.3, 0.4) is 0 Å². The number of rotatable bonds is 9. The fraction of sp³-hybridized carbons (Fsp3) is 0.535. The summed E-state index contributed by atoms with van der Waals surface area (Å²) in [5, 5.41) is 3.18. The van der Waals surface area contributed by atoms with E-state index >= 15 is 0 Å². The van der Waals surface area contributed by atoms with Crippen LogP contribution < -0.4 is 19.5 Å². The summed E-state index contributed by atoms with van der Waals surface area (Å²) in [4.78, 5) is 69.7. The van der Waals surface area contributed by atoms with Crippen molar-refractivity contribution in [3.8, 4) is 22.9 Å². The number of amides is 4. The van der Waals surface area contributed by atoms with Gasteiger partial charge in [0.2, 0.25) is 27.7 Å². The molecule has 14 nitrogen and oxygen atoms in total. The molecule has 2 aliphatic carbocycles. The average molecular weight is 847 g/mol. The zero-order valence-corrected chi connectivity index (χ0v) is 34.8. The van der Waals surface area contributed by atoms with Gasteiger partial charge in [0.1, 0.15) is 34.2 Å². The van der Waals surface area contributed by atoms with Gasteiger partial charge in [0.05, 0.1) is 35.8 Å². The molecule has 0 spiro atoms. The number of ether oxygens (including phenoxy) is 2. The van der Waals surface area contributed by atoms with Gasteiger partial charge in [0, 0.05) is 55.4 Å². The van der Waals surface area contributed by atoms with Crippen LogP contribution in [0, 0.1) is 11.8 Å². The van der Waals surface area contributed by atoms with E-state index in [0.717, 1.165) is 44.9 Å². The topological polar surface area (TPSA) is 177 Å². The number of carbonyl (C=O) groups is 4. The molecule has 2 saturated carbocycles. The average Bonchev–Trinajstić information content (AvgIpc) is 4.17. The third-order valence-corrected chi connectivity index (χ3v) is 14.6. The molecule has 59 heavy (non-hydrogen) atoms. The Kier molecular flexibility index (Phi) is 11.9. The molecule has 0 radical (unpaired) electrons. The lowest BCUT2D eigenvalue weighted by molar-refractivity contribution is -0.145. The first-order valence-corrected chi connectivity index (χ1v) is 22.8. The van der Waals surface area contributed by atoms with Crippen molar-refractivity contribution >= 4 is 56.2 Å². The van der Waals surface area contributed by atoms with Crippen LogP contribution in [-0.4, -0.2) is 101 Å². The highest BCUT2D eigenvalue weighted by atomic mass is 35.5. The smallest absolute Gasteiger partial charge is 0.259 e. The van der Waals surface area contributed by atoms with Crippen LogP contribution in [0.1, 0.15) is 83.5 Å². The number of aromatic nitrogens is 2. The molecule has 5 heterocycles. The van der Waals surface area contributed by atoms with E-state index in [1.54, 1.807) is 30.5 Å². The number of likely N-dealkylation sites (tertiary alicyclic amines) is 1. The number of hydrogen-bond acceptors (Lipinski definition) is 10. The lowest BCUT2D eigenvalue weighted by Crippen LogP contribution is -2.57. The fourth-order valence-corrected chi connectivity index (χ4v) is 10.4. The number of allylic oxidation sites excluding steroid dienone is 1. The number of benzene rings is 1. The van der Waals surface area contributed by atoms with E-state index in [4.69, 9.17) is 26.1 Å². The number of methoxy groups -OCH3 is 1. The molecular formula is C43H51ClN6O8S. The van der Waals surface area contributed by atoms with E-state index in [1.807, 2.05) is 29.2 Å². The molecule has 3 aliphatic heterocycles. The predicted octanol–water partition coefficient (Wildman–Crippen LogP) is 5.33. The molecule has 2 aromatic heterocycles. The Morgan fingerprint density at radius 2 is 1.80 bits per heavy atom. The standard InChI is InChI=1S/C43H51ClN6O8S/c1-57-35-18-17-31-36(24-33(46-39(31)38(35)44)32-14-8-9-19-45-32)58-29-23-34-40(52)47-43(42(54)48-59(55,56)30-15-16-30)25-28(43)13-7-4-2-3-6-12-27(41(53)50(34)26-29)22-37(51)49-20-10-5-11-21-49/h7-9,13-14,17-19,24,27-30,34H,2-6,10-12,15-16,20-23,25-26H2,1H3,(H,47,52)(H,48,54)/b13-7-/t27-,28?,29-,34+,43-/m1/s1. The number of sulfonamides is 1. The van der Waals surface area contributed by atoms with Gasteiger partial charge in [0.15, 0.2) is 0 Å². The third-order valence-electron chi connectivity index (χ3n) is 12.4. The van der Waals surface area contributed by atoms with Crippen LogP contribution in [0.4, 0.5) is 0 Å². The van der Waals surface area contributed by atoms with Gasteiger partial charge in [-0.05, 0) is 82.1 Å². The van der Waals surface area contributed by atoms with Crippen LogP contribution >= 0.6 is 11.6 Å². The Labute approximate surface area is 349 Å². The molecule has 4 fully saturated rings. The minimum Gasteiger partial charge on any atom is -0.495 e. The summed E-state index contributed by atoms with van der Waals surface area (Å²) >= 11 is 6.81. The van der Waals surface area contributed by atoms with E-state index in [2.05, 4.69) is 15.0 Å². The first kappa shape index (κ1) is 41.0. The summed E-state index contributed by atoms with van der Waals surface area (Å²) in [6.07, 6.45) is 12.6. The summed E-state index contributed by atoms with van der Waals surface area (Å²) in [6, 6.07) is 9.64. The van der Waals surface area contributed by atoms with Crippen molar-refractivity contribution in [3.63, 3.8) is 0 Å². The lowest BCUT2D eigenvalue weighted by Gasteiger charge is -2.31. The largest absolute Gasteiger partial charge is 0.495 e. The van der Waals surface area contributed by atoms with Gasteiger partial charge in [-0.15, -0.1) is 0 Å². The number of nitrogens with zero attached hydrogens (tertiary/aromatic N) is 4. The number of nitrogens with one attached hydrogen (secondary N) is 2. The SMILES string of the molecule is COc1ccc2c(O[C@@H]3C[C@H]4C(=O)N[C@]5(C(=O)NS(=O)(=O)C6CC6)CC5/C=C\CCCCC[C@H](CC(=O)N5CCCCC5)C(=O)N4C3)cc(-c3ccccn3)nc2c1Cl. The van der Waals surface area contributed by atoms with Crippen LogP contribution in [0.5, 0.6) is 11.5 Å². The Morgan fingerprint density at radius 1 is 1.00 bits per heavy atom. The molecule has 5 aliphatic rings. The van der Waals surface area contributed by atoms with Crippen LogP contribution in [0.15, 0.2) is 54.7 Å². The van der Waals surface area contributed by atoms with E-state index in [-0.39, 0.29) is 42.6 Å². The summed E-state index contributed by atoms with van der Waals surface area (Å²) in [6.45, 7) is 1.35. The molecule has 16 heteroatoms. The van der Waals surface area contributed by atoms with Crippen molar-refractivity contribution in [2.75, 3.05) is 26.7 Å². The summed E-state index contributed by atoms with van der Waals surface area (Å²) in [7, 11) is -2.38. The van der Waals surface area contributed by atoms with E-state index in [1.165, 1.54) is 12.0 Å². The maximum Gasteiger partial charge on any atom is 0.259 e. The minimum absolute atomic E-state index is 0.0243. The zero-order chi connectivity index (χ0) is 41.3. The van der Waals surface area contributed by atoms with E-state index < -0.39 is 56.6 Å².